The Morgan fingerprint density at radius 3 is 2.38 bits per heavy atom. The zero-order valence-corrected chi connectivity index (χ0v) is 12.4. The lowest BCUT2D eigenvalue weighted by Crippen LogP contribution is -2.15. The molecule has 1 amide bonds. The van der Waals surface area contributed by atoms with Crippen LogP contribution in [0, 0.1) is 26.1 Å². The normalized spacial score (nSPS) is 18.7. The molecule has 24 heavy (non-hydrogen) atoms. The van der Waals surface area contributed by atoms with Crippen molar-refractivity contribution >= 4 is 23.0 Å². The molecule has 0 radical (unpaired) electrons. The van der Waals surface area contributed by atoms with E-state index in [1.807, 2.05) is 30.3 Å². The summed E-state index contributed by atoms with van der Waals surface area (Å²) >= 11 is 0. The van der Waals surface area contributed by atoms with E-state index in [4.69, 9.17) is 0 Å². The quantitative estimate of drug-likeness (QED) is 0.668. The van der Waals surface area contributed by atoms with Crippen LogP contribution in [-0.2, 0) is 4.79 Å². The van der Waals surface area contributed by atoms with Crippen molar-refractivity contribution in [2.45, 2.75) is 12.3 Å². The smallest absolute Gasteiger partial charge is 0.299 e. The molecule has 122 valence electrons. The Hall–Kier alpha value is -3.29. The number of hydrogen-bond donors (Lipinski definition) is 1. The molecular weight excluding hydrogens is 314 g/mol. The number of carbonyl (C=O) groups is 1. The van der Waals surface area contributed by atoms with Gasteiger partial charge < -0.3 is 5.32 Å². The topological polar surface area (TPSA) is 115 Å². The van der Waals surface area contributed by atoms with Gasteiger partial charge in [0.2, 0.25) is 5.91 Å². The second-order valence-electron chi connectivity index (χ2n) is 5.56. The number of non-ortho nitro benzene ring substituents is 1. The van der Waals surface area contributed by atoms with E-state index in [-0.39, 0.29) is 23.4 Å². The van der Waals surface area contributed by atoms with Gasteiger partial charge in [0.15, 0.2) is 0 Å². The lowest BCUT2D eigenvalue weighted by atomic mass is 10.1. The monoisotopic (exact) mass is 327 g/mol. The van der Waals surface area contributed by atoms with Crippen LogP contribution in [0.3, 0.4) is 0 Å². The molecular formula is C16H13N3O5. The predicted molar refractivity (Wildman–Crippen MR) is 85.7 cm³/mol. The maximum atomic E-state index is 12.3. The van der Waals surface area contributed by atoms with E-state index in [2.05, 4.69) is 5.32 Å². The van der Waals surface area contributed by atoms with Gasteiger partial charge in [-0.15, -0.1) is 0 Å². The summed E-state index contributed by atoms with van der Waals surface area (Å²) in [5.74, 6) is -0.466. The number of benzene rings is 2. The van der Waals surface area contributed by atoms with Crippen LogP contribution in [-0.4, -0.2) is 15.8 Å². The third kappa shape index (κ3) is 3.07. The number of hydrogen-bond acceptors (Lipinski definition) is 5. The van der Waals surface area contributed by atoms with Crippen molar-refractivity contribution in [1.82, 2.24) is 0 Å². The first-order chi connectivity index (χ1) is 11.5. The molecule has 8 heteroatoms. The van der Waals surface area contributed by atoms with Crippen LogP contribution in [0.4, 0.5) is 17.1 Å². The molecule has 1 aliphatic rings. The molecule has 1 aliphatic carbocycles. The summed E-state index contributed by atoms with van der Waals surface area (Å²) in [7, 11) is 0. The van der Waals surface area contributed by atoms with Crippen LogP contribution in [0.5, 0.6) is 0 Å². The zero-order chi connectivity index (χ0) is 17.3. The van der Waals surface area contributed by atoms with E-state index < -0.39 is 21.2 Å². The second kappa shape index (κ2) is 6.07. The van der Waals surface area contributed by atoms with Crippen LogP contribution in [0.25, 0.3) is 0 Å². The average Bonchev–Trinajstić information content (AvgIpc) is 3.36. The van der Waals surface area contributed by atoms with Crippen LogP contribution in [0.15, 0.2) is 48.5 Å². The largest absolute Gasteiger partial charge is 0.320 e. The second-order valence-corrected chi connectivity index (χ2v) is 5.56. The molecule has 8 nitrogen and oxygen atoms in total. The highest BCUT2D eigenvalue weighted by Crippen LogP contribution is 2.48. The molecule has 0 saturated heterocycles. The lowest BCUT2D eigenvalue weighted by molar-refractivity contribution is -0.393. The van der Waals surface area contributed by atoms with Crippen LogP contribution in [0.1, 0.15) is 17.9 Å². The number of amides is 1. The first-order valence-electron chi connectivity index (χ1n) is 7.26. The van der Waals surface area contributed by atoms with Gasteiger partial charge >= 0.3 is 0 Å². The Balaban J connectivity index is 1.76. The molecule has 3 rings (SSSR count). The third-order valence-electron chi connectivity index (χ3n) is 4.00. The molecule has 0 spiro atoms. The molecule has 0 aliphatic heterocycles. The SMILES string of the molecule is O=C(Nc1ccc([N+](=O)[O-])cc1[N+](=O)[O-])C1CC1c1ccccc1. The van der Waals surface area contributed by atoms with Gasteiger partial charge in [-0.2, -0.15) is 0 Å². The first kappa shape index (κ1) is 15.6. The zero-order valence-electron chi connectivity index (χ0n) is 12.4. The summed E-state index contributed by atoms with van der Waals surface area (Å²) in [6, 6.07) is 12.7. The van der Waals surface area contributed by atoms with Gasteiger partial charge in [-0.25, -0.2) is 0 Å². The van der Waals surface area contributed by atoms with Crippen LogP contribution in [0.2, 0.25) is 0 Å². The molecule has 2 atom stereocenters. The fourth-order valence-electron chi connectivity index (χ4n) is 2.67. The van der Waals surface area contributed by atoms with Crippen molar-refractivity contribution in [3.8, 4) is 0 Å². The van der Waals surface area contributed by atoms with Gasteiger partial charge in [0.1, 0.15) is 5.69 Å². The van der Waals surface area contributed by atoms with Crippen molar-refractivity contribution in [3.05, 3.63) is 74.3 Å². The molecule has 0 aromatic heterocycles. The number of nitrogens with zero attached hydrogens (tertiary/aromatic N) is 2. The van der Waals surface area contributed by atoms with E-state index in [9.17, 15) is 25.0 Å². The highest BCUT2D eigenvalue weighted by Gasteiger charge is 2.44. The van der Waals surface area contributed by atoms with E-state index in [0.29, 0.717) is 6.42 Å². The number of carbonyl (C=O) groups excluding carboxylic acids is 1. The highest BCUT2D eigenvalue weighted by atomic mass is 16.6. The van der Waals surface area contributed by atoms with Gasteiger partial charge in [-0.3, -0.25) is 25.0 Å². The van der Waals surface area contributed by atoms with Gasteiger partial charge in [0.25, 0.3) is 11.4 Å². The lowest BCUT2D eigenvalue weighted by Gasteiger charge is -2.06. The number of anilines is 1. The molecule has 2 aromatic carbocycles. The van der Waals surface area contributed by atoms with Gasteiger partial charge in [0.05, 0.1) is 15.9 Å². The number of rotatable bonds is 5. The number of nitro benzene ring substituents is 2. The molecule has 0 bridgehead atoms. The van der Waals surface area contributed by atoms with Crippen molar-refractivity contribution < 1.29 is 14.6 Å². The maximum absolute atomic E-state index is 12.3. The van der Waals surface area contributed by atoms with Gasteiger partial charge in [-0.1, -0.05) is 30.3 Å². The Labute approximate surface area is 136 Å². The minimum atomic E-state index is -0.746. The molecule has 1 N–H and O–H groups in total. The van der Waals surface area contributed by atoms with Crippen molar-refractivity contribution in [2.75, 3.05) is 5.32 Å². The Kier molecular flexibility index (Phi) is 3.95. The standard InChI is InChI=1S/C16H13N3O5/c20-16(13-9-12(13)10-4-2-1-3-5-10)17-14-7-6-11(18(21)22)8-15(14)19(23)24/h1-8,12-13H,9H2,(H,17,20). The summed E-state index contributed by atoms with van der Waals surface area (Å²) in [5, 5.41) is 24.3. The Morgan fingerprint density at radius 1 is 1.04 bits per heavy atom. The maximum Gasteiger partial charge on any atom is 0.299 e. The Morgan fingerprint density at radius 2 is 1.75 bits per heavy atom. The molecule has 2 aromatic rings. The van der Waals surface area contributed by atoms with Crippen LogP contribution < -0.4 is 5.32 Å². The Bertz CT molecular complexity index is 822. The summed E-state index contributed by atoms with van der Waals surface area (Å²) in [5.41, 5.74) is 0.132. The summed E-state index contributed by atoms with van der Waals surface area (Å²) in [4.78, 5) is 32.6. The summed E-state index contributed by atoms with van der Waals surface area (Å²) in [6.07, 6.45) is 0.677. The summed E-state index contributed by atoms with van der Waals surface area (Å²) < 4.78 is 0. The third-order valence-corrected chi connectivity index (χ3v) is 4.00. The first-order valence-corrected chi connectivity index (χ1v) is 7.26. The molecule has 1 fully saturated rings. The van der Waals surface area contributed by atoms with Crippen molar-refractivity contribution in [2.24, 2.45) is 5.92 Å². The van der Waals surface area contributed by atoms with Crippen molar-refractivity contribution in [1.29, 1.82) is 0 Å². The van der Waals surface area contributed by atoms with Gasteiger partial charge in [-0.05, 0) is 24.0 Å². The van der Waals surface area contributed by atoms with E-state index >= 15 is 0 Å². The van der Waals surface area contributed by atoms with Crippen molar-refractivity contribution in [3.63, 3.8) is 0 Å². The van der Waals surface area contributed by atoms with E-state index in [1.54, 1.807) is 0 Å². The predicted octanol–water partition coefficient (Wildman–Crippen LogP) is 3.25. The van der Waals surface area contributed by atoms with Gasteiger partial charge in [0, 0.05) is 12.0 Å². The van der Waals surface area contributed by atoms with E-state index in [0.717, 1.165) is 17.7 Å². The number of nitro groups is 2. The minimum absolute atomic E-state index is 0.0330. The average molecular weight is 327 g/mol. The minimum Gasteiger partial charge on any atom is -0.320 e. The highest BCUT2D eigenvalue weighted by molar-refractivity contribution is 5.97. The molecule has 1 saturated carbocycles. The fraction of sp³-hybridized carbons (Fsp3) is 0.188. The van der Waals surface area contributed by atoms with E-state index in [1.165, 1.54) is 6.07 Å². The van der Waals surface area contributed by atoms with Crippen LogP contribution >= 0.6 is 0 Å². The number of nitrogens with one attached hydrogen (secondary N) is 1. The summed E-state index contributed by atoms with van der Waals surface area (Å²) in [6.45, 7) is 0. The molecule has 2 unspecified atom stereocenters. The molecule has 0 heterocycles. The fourth-order valence-corrected chi connectivity index (χ4v) is 2.67.